The molecular weight excluding hydrogens is 308 g/mol. The molecule has 1 unspecified atom stereocenters. The Hall–Kier alpha value is -2.02. The van der Waals surface area contributed by atoms with Crippen LogP contribution in [0.2, 0.25) is 0 Å². The smallest absolute Gasteiger partial charge is 0.408 e. The van der Waals surface area contributed by atoms with Gasteiger partial charge in [0.15, 0.2) is 0 Å². The fourth-order valence-electron chi connectivity index (χ4n) is 2.86. The van der Waals surface area contributed by atoms with Gasteiger partial charge in [0.2, 0.25) is 0 Å². The van der Waals surface area contributed by atoms with E-state index in [2.05, 4.69) is 15.2 Å². The largest absolute Gasteiger partial charge is 0.444 e. The number of aliphatic hydroxyl groups is 1. The average molecular weight is 336 g/mol. The van der Waals surface area contributed by atoms with E-state index in [0.717, 1.165) is 5.69 Å². The zero-order valence-corrected chi connectivity index (χ0v) is 15.0. The Kier molecular flexibility index (Phi) is 4.94. The minimum Gasteiger partial charge on any atom is -0.444 e. The van der Waals surface area contributed by atoms with Gasteiger partial charge in [-0.25, -0.2) is 4.79 Å². The molecular formula is C17H28N4O3. The van der Waals surface area contributed by atoms with Crippen molar-refractivity contribution in [3.8, 4) is 0 Å². The Labute approximate surface area is 143 Å². The number of piperidine rings is 1. The van der Waals surface area contributed by atoms with Crippen molar-refractivity contribution < 1.29 is 14.6 Å². The molecule has 0 radical (unpaired) electrons. The summed E-state index contributed by atoms with van der Waals surface area (Å²) < 4.78 is 5.32. The number of nitrogen functional groups attached to an aromatic ring is 1. The minimum atomic E-state index is -1.05. The molecule has 2 rings (SSSR count). The zero-order chi connectivity index (χ0) is 18.1. The van der Waals surface area contributed by atoms with E-state index in [0.29, 0.717) is 18.8 Å². The zero-order valence-electron chi connectivity index (χ0n) is 15.0. The molecule has 7 heteroatoms. The van der Waals surface area contributed by atoms with Crippen molar-refractivity contribution in [1.82, 2.24) is 10.3 Å². The second-order valence-electron chi connectivity index (χ2n) is 7.67. The highest BCUT2D eigenvalue weighted by Gasteiger charge is 2.44. The van der Waals surface area contributed by atoms with E-state index >= 15 is 0 Å². The normalized spacial score (nSPS) is 27.7. The second kappa shape index (κ2) is 6.47. The van der Waals surface area contributed by atoms with Crippen LogP contribution in [0.4, 0.5) is 16.2 Å². The summed E-state index contributed by atoms with van der Waals surface area (Å²) in [6, 6.07) is 1.36. The predicted molar refractivity (Wildman–Crippen MR) is 93.8 cm³/mol. The van der Waals surface area contributed by atoms with E-state index in [1.807, 2.05) is 13.0 Å². The maximum Gasteiger partial charge on any atom is 0.408 e. The van der Waals surface area contributed by atoms with Crippen molar-refractivity contribution in [3.63, 3.8) is 0 Å². The summed E-state index contributed by atoms with van der Waals surface area (Å²) in [7, 11) is 0. The van der Waals surface area contributed by atoms with Crippen LogP contribution in [-0.4, -0.2) is 46.5 Å². The number of nitrogens with zero attached hydrogens (tertiary/aromatic N) is 2. The molecule has 24 heavy (non-hydrogen) atoms. The molecule has 134 valence electrons. The van der Waals surface area contributed by atoms with Gasteiger partial charge in [-0.2, -0.15) is 0 Å². The molecule has 1 aliphatic heterocycles. The van der Waals surface area contributed by atoms with Gasteiger partial charge in [0, 0.05) is 25.2 Å². The quantitative estimate of drug-likeness (QED) is 0.761. The van der Waals surface area contributed by atoms with Gasteiger partial charge < -0.3 is 25.8 Å². The maximum atomic E-state index is 12.1. The molecule has 1 aromatic heterocycles. The third-order valence-electron chi connectivity index (χ3n) is 4.46. The van der Waals surface area contributed by atoms with E-state index in [9.17, 15) is 9.90 Å². The summed E-state index contributed by atoms with van der Waals surface area (Å²) in [5.74, 6) is -0.0706. The van der Waals surface area contributed by atoms with Crippen LogP contribution < -0.4 is 16.0 Å². The first-order chi connectivity index (χ1) is 11.0. The fraction of sp³-hybridized carbons (Fsp3) is 0.647. The first kappa shape index (κ1) is 18.3. The predicted octanol–water partition coefficient (Wildman–Crippen LogP) is 1.76. The molecule has 0 spiro atoms. The number of pyridine rings is 1. The van der Waals surface area contributed by atoms with Crippen LogP contribution in [0.1, 0.15) is 34.6 Å². The van der Waals surface area contributed by atoms with E-state index in [-0.39, 0.29) is 5.92 Å². The van der Waals surface area contributed by atoms with E-state index < -0.39 is 23.3 Å². The van der Waals surface area contributed by atoms with Gasteiger partial charge in [0.25, 0.3) is 0 Å². The topological polar surface area (TPSA) is 101 Å². The molecule has 1 aliphatic rings. The first-order valence-corrected chi connectivity index (χ1v) is 8.17. The highest BCUT2D eigenvalue weighted by Crippen LogP contribution is 2.33. The van der Waals surface area contributed by atoms with Crippen LogP contribution in [0.25, 0.3) is 0 Å². The average Bonchev–Trinajstić information content (AvgIpc) is 2.42. The molecule has 1 amide bonds. The van der Waals surface area contributed by atoms with Gasteiger partial charge in [-0.3, -0.25) is 4.98 Å². The summed E-state index contributed by atoms with van der Waals surface area (Å²) in [5.41, 5.74) is 5.80. The SMILES string of the molecule is C[C@H]1CN(c2ccncc2N)C[C@@H](NC(=O)OC(C)(C)C)C1(C)O. The summed E-state index contributed by atoms with van der Waals surface area (Å²) >= 11 is 0. The third-order valence-corrected chi connectivity index (χ3v) is 4.46. The fourth-order valence-corrected chi connectivity index (χ4v) is 2.86. The monoisotopic (exact) mass is 336 g/mol. The van der Waals surface area contributed by atoms with Gasteiger partial charge in [-0.05, 0) is 33.8 Å². The van der Waals surface area contributed by atoms with Crippen molar-refractivity contribution in [2.24, 2.45) is 5.92 Å². The van der Waals surface area contributed by atoms with E-state index in [1.165, 1.54) is 0 Å². The summed E-state index contributed by atoms with van der Waals surface area (Å²) in [6.07, 6.45) is 2.74. The van der Waals surface area contributed by atoms with Gasteiger partial charge in [-0.15, -0.1) is 0 Å². The van der Waals surface area contributed by atoms with Gasteiger partial charge in [0.05, 0.1) is 29.2 Å². The van der Waals surface area contributed by atoms with Crippen LogP contribution in [0, 0.1) is 5.92 Å². The molecule has 1 aromatic rings. The lowest BCUT2D eigenvalue weighted by atomic mass is 9.79. The van der Waals surface area contributed by atoms with Gasteiger partial charge >= 0.3 is 6.09 Å². The lowest BCUT2D eigenvalue weighted by Gasteiger charge is -2.48. The summed E-state index contributed by atoms with van der Waals surface area (Å²) in [4.78, 5) is 18.2. The lowest BCUT2D eigenvalue weighted by Crippen LogP contribution is -2.65. The van der Waals surface area contributed by atoms with Crippen molar-refractivity contribution in [2.75, 3.05) is 23.7 Å². The molecule has 0 saturated carbocycles. The Morgan fingerprint density at radius 3 is 2.75 bits per heavy atom. The van der Waals surface area contributed by atoms with Crippen LogP contribution in [0.15, 0.2) is 18.5 Å². The highest BCUT2D eigenvalue weighted by atomic mass is 16.6. The molecule has 0 aromatic carbocycles. The molecule has 0 aliphatic carbocycles. The Balaban J connectivity index is 2.18. The lowest BCUT2D eigenvalue weighted by molar-refractivity contribution is -0.0405. The van der Waals surface area contributed by atoms with Crippen molar-refractivity contribution in [3.05, 3.63) is 18.5 Å². The number of ether oxygens (including phenoxy) is 1. The van der Waals surface area contributed by atoms with Crippen LogP contribution in [0.5, 0.6) is 0 Å². The number of carbonyl (C=O) groups is 1. The number of anilines is 2. The molecule has 3 atom stereocenters. The van der Waals surface area contributed by atoms with Crippen LogP contribution in [-0.2, 0) is 4.74 Å². The maximum absolute atomic E-state index is 12.1. The number of rotatable bonds is 2. The molecule has 1 saturated heterocycles. The van der Waals surface area contributed by atoms with E-state index in [1.54, 1.807) is 40.1 Å². The number of amides is 1. The van der Waals surface area contributed by atoms with Crippen molar-refractivity contribution in [1.29, 1.82) is 0 Å². The first-order valence-electron chi connectivity index (χ1n) is 8.17. The number of nitrogens with one attached hydrogen (secondary N) is 1. The number of aromatic nitrogens is 1. The Morgan fingerprint density at radius 2 is 2.17 bits per heavy atom. The second-order valence-corrected chi connectivity index (χ2v) is 7.67. The Bertz CT molecular complexity index is 598. The molecule has 2 heterocycles. The van der Waals surface area contributed by atoms with Crippen molar-refractivity contribution >= 4 is 17.5 Å². The minimum absolute atomic E-state index is 0.0706. The molecule has 1 fully saturated rings. The van der Waals surface area contributed by atoms with Crippen LogP contribution in [0.3, 0.4) is 0 Å². The summed E-state index contributed by atoms with van der Waals surface area (Å²) in [6.45, 7) is 10.2. The number of carbonyl (C=O) groups excluding carboxylic acids is 1. The van der Waals surface area contributed by atoms with Gasteiger partial charge in [0.1, 0.15) is 5.60 Å². The van der Waals surface area contributed by atoms with Gasteiger partial charge in [-0.1, -0.05) is 6.92 Å². The molecule has 4 N–H and O–H groups in total. The summed E-state index contributed by atoms with van der Waals surface area (Å²) in [5, 5.41) is 13.6. The standard InChI is InChI=1S/C17H28N4O3/c1-11-9-21(13-6-7-19-8-12(13)18)10-14(17(11,5)23)20-15(22)24-16(2,3)4/h6-8,11,14,23H,9-10,18H2,1-5H3,(H,20,22)/t11-,14+,17?/m0/s1. The highest BCUT2D eigenvalue weighted by molar-refractivity contribution is 5.69. The third kappa shape index (κ3) is 4.08. The molecule has 7 nitrogen and oxygen atoms in total. The number of alkyl carbamates (subject to hydrolysis) is 1. The molecule has 0 bridgehead atoms. The van der Waals surface area contributed by atoms with E-state index in [4.69, 9.17) is 10.5 Å². The number of hydrogen-bond donors (Lipinski definition) is 3. The van der Waals surface area contributed by atoms with Crippen LogP contribution >= 0.6 is 0 Å². The Morgan fingerprint density at radius 1 is 1.50 bits per heavy atom. The number of hydrogen-bond acceptors (Lipinski definition) is 6. The van der Waals surface area contributed by atoms with Crippen molar-refractivity contribution in [2.45, 2.75) is 51.9 Å². The number of nitrogens with two attached hydrogens (primary N) is 1.